The summed E-state index contributed by atoms with van der Waals surface area (Å²) in [5.41, 5.74) is 3.68. The number of aliphatic hydroxyl groups is 2. The summed E-state index contributed by atoms with van der Waals surface area (Å²) < 4.78 is 0. The molecule has 5 nitrogen and oxygen atoms in total. The van der Waals surface area contributed by atoms with Crippen molar-refractivity contribution in [2.24, 2.45) is 0 Å². The van der Waals surface area contributed by atoms with E-state index in [1.54, 1.807) is 4.90 Å². The summed E-state index contributed by atoms with van der Waals surface area (Å²) in [5, 5.41) is 20.6. The molecule has 2 N–H and O–H groups in total. The van der Waals surface area contributed by atoms with Crippen LogP contribution in [0.3, 0.4) is 0 Å². The molecule has 1 atom stereocenters. The number of nitrogens with zero attached hydrogens (tertiary/aromatic N) is 2. The molecule has 0 bridgehead atoms. The molecule has 1 amide bonds. The molecule has 2 heterocycles. The molecule has 2 aliphatic rings. The van der Waals surface area contributed by atoms with Gasteiger partial charge in [0.1, 0.15) is 5.60 Å². The quantitative estimate of drug-likeness (QED) is 0.877. The fraction of sp³-hybridized carbons (Fsp3) is 0.500. The number of amides is 1. The van der Waals surface area contributed by atoms with Crippen LogP contribution < -0.4 is 0 Å². The highest BCUT2D eigenvalue weighted by Gasteiger charge is 2.39. The average Bonchev–Trinajstić information content (AvgIpc) is 3.02. The van der Waals surface area contributed by atoms with Crippen LogP contribution in [-0.4, -0.2) is 51.3 Å². The summed E-state index contributed by atoms with van der Waals surface area (Å²) in [6, 6.07) is 6.06. The Kier molecular flexibility index (Phi) is 4.01. The van der Waals surface area contributed by atoms with Crippen molar-refractivity contribution in [3.05, 3.63) is 40.6 Å². The van der Waals surface area contributed by atoms with E-state index < -0.39 is 5.60 Å². The van der Waals surface area contributed by atoms with Crippen LogP contribution in [0, 0.1) is 6.92 Å². The lowest BCUT2D eigenvalue weighted by atomic mass is 9.89. The first kappa shape index (κ1) is 16.5. The van der Waals surface area contributed by atoms with E-state index in [9.17, 15) is 15.0 Å². The molecule has 1 aromatic carbocycles. The van der Waals surface area contributed by atoms with E-state index in [2.05, 4.69) is 0 Å². The summed E-state index contributed by atoms with van der Waals surface area (Å²) in [4.78, 5) is 19.8. The van der Waals surface area contributed by atoms with Gasteiger partial charge in [-0.1, -0.05) is 11.6 Å². The normalized spacial score (nSPS) is 23.1. The number of carbonyl (C=O) groups is 1. The molecule has 0 saturated carbocycles. The van der Waals surface area contributed by atoms with Crippen molar-refractivity contribution in [2.75, 3.05) is 19.7 Å². The molecule has 0 radical (unpaired) electrons. The van der Waals surface area contributed by atoms with Crippen molar-refractivity contribution in [3.8, 4) is 0 Å². The van der Waals surface area contributed by atoms with Crippen molar-refractivity contribution in [1.29, 1.82) is 0 Å². The van der Waals surface area contributed by atoms with E-state index in [0.29, 0.717) is 13.0 Å². The lowest BCUT2D eigenvalue weighted by molar-refractivity contribution is -0.00455. The van der Waals surface area contributed by atoms with Crippen LogP contribution in [0.1, 0.15) is 46.4 Å². The van der Waals surface area contributed by atoms with E-state index in [0.717, 1.165) is 59.0 Å². The predicted octanol–water partition coefficient (Wildman–Crippen LogP) is 1.99. The number of hydrogen-bond acceptors (Lipinski definition) is 4. The number of pyridine rings is 1. The number of hydrogen-bond donors (Lipinski definition) is 2. The van der Waals surface area contributed by atoms with Crippen LogP contribution in [0.25, 0.3) is 10.9 Å². The number of β-amino-alcohol motifs (C(OH)–C–C–N with tert-alkyl or cyclic N) is 1. The molecule has 1 fully saturated rings. The largest absolute Gasteiger partial charge is 0.393 e. The first-order chi connectivity index (χ1) is 12.0. The fourth-order valence-electron chi connectivity index (χ4n) is 4.10. The minimum Gasteiger partial charge on any atom is -0.393 e. The Labute approximate surface area is 147 Å². The van der Waals surface area contributed by atoms with Gasteiger partial charge in [0.15, 0.2) is 0 Å². The Morgan fingerprint density at radius 2 is 2.12 bits per heavy atom. The first-order valence-electron chi connectivity index (χ1n) is 9.05. The zero-order chi connectivity index (χ0) is 17.6. The van der Waals surface area contributed by atoms with Gasteiger partial charge in [-0.3, -0.25) is 9.78 Å². The first-order valence-corrected chi connectivity index (χ1v) is 9.05. The highest BCUT2D eigenvalue weighted by molar-refractivity contribution is 6.08. The van der Waals surface area contributed by atoms with Crippen LogP contribution >= 0.6 is 0 Å². The summed E-state index contributed by atoms with van der Waals surface area (Å²) in [6.07, 6.45) is 4.40. The van der Waals surface area contributed by atoms with Crippen LogP contribution in [0.5, 0.6) is 0 Å². The maximum absolute atomic E-state index is 13.4. The maximum atomic E-state index is 13.4. The van der Waals surface area contributed by atoms with E-state index in [1.165, 1.54) is 0 Å². The number of benzene rings is 1. The molecular weight excluding hydrogens is 316 g/mol. The Bertz CT molecular complexity index is 848. The van der Waals surface area contributed by atoms with Gasteiger partial charge in [0.25, 0.3) is 5.91 Å². The van der Waals surface area contributed by atoms with E-state index in [4.69, 9.17) is 4.98 Å². The second-order valence-electron chi connectivity index (χ2n) is 7.50. The monoisotopic (exact) mass is 340 g/mol. The SMILES string of the molecule is Cc1ccc2nc3c(c(C(=O)N4CCC(O)(CO)C4)c2c1)CCCC3. The van der Waals surface area contributed by atoms with Crippen molar-refractivity contribution in [2.45, 2.75) is 44.6 Å². The van der Waals surface area contributed by atoms with Gasteiger partial charge in [0.05, 0.1) is 24.2 Å². The van der Waals surface area contributed by atoms with Gasteiger partial charge >= 0.3 is 0 Å². The smallest absolute Gasteiger partial charge is 0.254 e. The molecular formula is C20H24N2O3. The number of aliphatic hydroxyl groups excluding tert-OH is 1. The fourth-order valence-corrected chi connectivity index (χ4v) is 4.10. The molecule has 1 aromatic heterocycles. The molecule has 132 valence electrons. The highest BCUT2D eigenvalue weighted by Crippen LogP contribution is 2.32. The van der Waals surface area contributed by atoms with Gasteiger partial charge < -0.3 is 15.1 Å². The van der Waals surface area contributed by atoms with Gasteiger partial charge in [-0.05, 0) is 56.7 Å². The number of likely N-dealkylation sites (tertiary alicyclic amines) is 1. The van der Waals surface area contributed by atoms with Gasteiger partial charge in [0.2, 0.25) is 0 Å². The number of aryl methyl sites for hydroxylation is 2. The Morgan fingerprint density at radius 3 is 2.88 bits per heavy atom. The highest BCUT2D eigenvalue weighted by atomic mass is 16.3. The number of rotatable bonds is 2. The minimum atomic E-state index is -1.17. The lowest BCUT2D eigenvalue weighted by Crippen LogP contribution is -2.39. The molecule has 1 unspecified atom stereocenters. The zero-order valence-electron chi connectivity index (χ0n) is 14.6. The molecule has 4 rings (SSSR count). The van der Waals surface area contributed by atoms with Crippen molar-refractivity contribution < 1.29 is 15.0 Å². The van der Waals surface area contributed by atoms with Crippen molar-refractivity contribution in [3.63, 3.8) is 0 Å². The Hall–Kier alpha value is -1.98. The van der Waals surface area contributed by atoms with Crippen LogP contribution in [0.2, 0.25) is 0 Å². The Morgan fingerprint density at radius 1 is 1.32 bits per heavy atom. The van der Waals surface area contributed by atoms with Gasteiger partial charge in [-0.15, -0.1) is 0 Å². The summed E-state index contributed by atoms with van der Waals surface area (Å²) in [6.45, 7) is 2.37. The van der Waals surface area contributed by atoms with Gasteiger partial charge in [0, 0.05) is 17.6 Å². The second-order valence-corrected chi connectivity index (χ2v) is 7.50. The van der Waals surface area contributed by atoms with Crippen molar-refractivity contribution >= 4 is 16.8 Å². The van der Waals surface area contributed by atoms with Crippen LogP contribution in [0.4, 0.5) is 0 Å². The van der Waals surface area contributed by atoms with Crippen LogP contribution in [-0.2, 0) is 12.8 Å². The maximum Gasteiger partial charge on any atom is 0.254 e. The summed E-state index contributed by atoms with van der Waals surface area (Å²) in [7, 11) is 0. The topological polar surface area (TPSA) is 73.7 Å². The second kappa shape index (κ2) is 6.07. The molecule has 1 aliphatic heterocycles. The number of fused-ring (bicyclic) bond motifs is 2. The van der Waals surface area contributed by atoms with Gasteiger partial charge in [-0.25, -0.2) is 0 Å². The zero-order valence-corrected chi connectivity index (χ0v) is 14.6. The molecule has 0 spiro atoms. The van der Waals surface area contributed by atoms with Crippen LogP contribution in [0.15, 0.2) is 18.2 Å². The lowest BCUT2D eigenvalue weighted by Gasteiger charge is -2.25. The molecule has 1 aliphatic carbocycles. The summed E-state index contributed by atoms with van der Waals surface area (Å²) in [5.74, 6) is -0.0412. The Balaban J connectivity index is 1.85. The third kappa shape index (κ3) is 2.81. The van der Waals surface area contributed by atoms with Gasteiger partial charge in [-0.2, -0.15) is 0 Å². The standard InChI is InChI=1S/C20H24N2O3/c1-13-6-7-17-15(10-13)18(14-4-2-3-5-16(14)21-17)19(24)22-9-8-20(25,11-22)12-23/h6-7,10,23,25H,2-5,8-9,11-12H2,1H3. The third-order valence-corrected chi connectivity index (χ3v) is 5.54. The van der Waals surface area contributed by atoms with E-state index in [1.807, 2.05) is 25.1 Å². The minimum absolute atomic E-state index is 0.0412. The summed E-state index contributed by atoms with van der Waals surface area (Å²) >= 11 is 0. The third-order valence-electron chi connectivity index (χ3n) is 5.54. The molecule has 5 heteroatoms. The number of carbonyl (C=O) groups excluding carboxylic acids is 1. The van der Waals surface area contributed by atoms with E-state index in [-0.39, 0.29) is 19.1 Å². The molecule has 25 heavy (non-hydrogen) atoms. The molecule has 1 saturated heterocycles. The predicted molar refractivity (Wildman–Crippen MR) is 95.7 cm³/mol. The van der Waals surface area contributed by atoms with Crippen molar-refractivity contribution in [1.82, 2.24) is 9.88 Å². The average molecular weight is 340 g/mol. The number of aromatic nitrogens is 1. The molecule has 2 aromatic rings. The van der Waals surface area contributed by atoms with E-state index >= 15 is 0 Å².